The molecule has 0 unspecified atom stereocenters. The normalized spacial score (nSPS) is 9.83. The van der Waals surface area contributed by atoms with Crippen molar-refractivity contribution in [1.29, 1.82) is 0 Å². The molecular weight excluding hydrogens is 246 g/mol. The van der Waals surface area contributed by atoms with E-state index >= 15 is 0 Å². The van der Waals surface area contributed by atoms with Crippen LogP contribution in [0.25, 0.3) is 4.85 Å². The fourth-order valence-corrected chi connectivity index (χ4v) is 1.89. The second-order valence-electron chi connectivity index (χ2n) is 4.00. The second-order valence-corrected chi connectivity index (χ2v) is 4.41. The van der Waals surface area contributed by atoms with Crippen molar-refractivity contribution in [3.8, 4) is 5.75 Å². The van der Waals surface area contributed by atoms with Crippen molar-refractivity contribution in [1.82, 2.24) is 0 Å². The average Bonchev–Trinajstić information content (AvgIpc) is 2.38. The molecule has 0 aliphatic rings. The third-order valence-corrected chi connectivity index (χ3v) is 2.82. The minimum atomic E-state index is 0.409. The lowest BCUT2D eigenvalue weighted by Crippen LogP contribution is -1.95. The summed E-state index contributed by atoms with van der Waals surface area (Å²) in [5.41, 5.74) is 2.67. The van der Waals surface area contributed by atoms with E-state index in [1.54, 1.807) is 6.07 Å². The summed E-state index contributed by atoms with van der Waals surface area (Å²) < 4.78 is 5.64. The van der Waals surface area contributed by atoms with E-state index in [1.165, 1.54) is 0 Å². The van der Waals surface area contributed by atoms with Crippen molar-refractivity contribution in [2.24, 2.45) is 0 Å². The Morgan fingerprint density at radius 1 is 1.22 bits per heavy atom. The molecule has 0 aliphatic carbocycles. The van der Waals surface area contributed by atoms with Crippen LogP contribution in [0.3, 0.4) is 0 Å². The summed E-state index contributed by atoms with van der Waals surface area (Å²) in [6.07, 6.45) is 0. The molecule has 0 N–H and O–H groups in total. The van der Waals surface area contributed by atoms with Crippen LogP contribution >= 0.6 is 11.6 Å². The smallest absolute Gasteiger partial charge is 0.187 e. The molecule has 0 aliphatic heterocycles. The van der Waals surface area contributed by atoms with Crippen LogP contribution in [0.2, 0.25) is 5.02 Å². The van der Waals surface area contributed by atoms with E-state index in [-0.39, 0.29) is 0 Å². The minimum absolute atomic E-state index is 0.409. The molecule has 0 saturated carbocycles. The molecule has 18 heavy (non-hydrogen) atoms. The summed E-state index contributed by atoms with van der Waals surface area (Å²) in [4.78, 5) is 3.38. The van der Waals surface area contributed by atoms with Crippen LogP contribution in [0.4, 0.5) is 5.69 Å². The van der Waals surface area contributed by atoms with Gasteiger partial charge in [-0.15, -0.1) is 0 Å². The second kappa shape index (κ2) is 5.57. The number of halogens is 1. The fourth-order valence-electron chi connectivity index (χ4n) is 1.60. The standard InChI is InChI=1S/C15H12ClNO/c1-11-6-7-15(14(16)8-11)18-10-12-4-3-5-13(9-12)17-2/h3-9H,10H2,1H3. The van der Waals surface area contributed by atoms with E-state index in [2.05, 4.69) is 4.85 Å². The van der Waals surface area contributed by atoms with E-state index in [9.17, 15) is 0 Å². The van der Waals surface area contributed by atoms with E-state index < -0.39 is 0 Å². The van der Waals surface area contributed by atoms with Gasteiger partial charge in [-0.05, 0) is 36.2 Å². The van der Waals surface area contributed by atoms with Gasteiger partial charge >= 0.3 is 0 Å². The maximum Gasteiger partial charge on any atom is 0.187 e. The number of ether oxygens (including phenoxy) is 1. The predicted molar refractivity (Wildman–Crippen MR) is 73.2 cm³/mol. The lowest BCUT2D eigenvalue weighted by atomic mass is 10.2. The SMILES string of the molecule is [C-]#[N+]c1cccc(COc2ccc(C)cc2Cl)c1. The Kier molecular flexibility index (Phi) is 3.86. The molecule has 2 aromatic carbocycles. The highest BCUT2D eigenvalue weighted by Gasteiger charge is 2.02. The van der Waals surface area contributed by atoms with E-state index in [1.807, 2.05) is 43.3 Å². The van der Waals surface area contributed by atoms with Crippen molar-refractivity contribution in [3.05, 3.63) is 70.0 Å². The lowest BCUT2D eigenvalue weighted by molar-refractivity contribution is 0.306. The highest BCUT2D eigenvalue weighted by atomic mass is 35.5. The third-order valence-electron chi connectivity index (χ3n) is 2.52. The van der Waals surface area contributed by atoms with Crippen LogP contribution in [0.1, 0.15) is 11.1 Å². The molecule has 0 atom stereocenters. The minimum Gasteiger partial charge on any atom is -0.487 e. The number of aryl methyl sites for hydroxylation is 1. The highest BCUT2D eigenvalue weighted by molar-refractivity contribution is 6.32. The number of hydrogen-bond donors (Lipinski definition) is 0. The molecular formula is C15H12ClNO. The zero-order valence-electron chi connectivity index (χ0n) is 9.98. The summed E-state index contributed by atoms with van der Waals surface area (Å²) >= 11 is 6.08. The van der Waals surface area contributed by atoms with Crippen LogP contribution < -0.4 is 4.74 Å². The van der Waals surface area contributed by atoms with Crippen LogP contribution in [0, 0.1) is 13.5 Å². The largest absolute Gasteiger partial charge is 0.487 e. The summed E-state index contributed by atoms with van der Waals surface area (Å²) in [5, 5.41) is 0.608. The molecule has 3 heteroatoms. The molecule has 0 radical (unpaired) electrons. The van der Waals surface area contributed by atoms with Crippen molar-refractivity contribution >= 4 is 17.3 Å². The van der Waals surface area contributed by atoms with Gasteiger partial charge in [-0.2, -0.15) is 0 Å². The first kappa shape index (κ1) is 12.5. The van der Waals surface area contributed by atoms with Gasteiger partial charge in [-0.3, -0.25) is 0 Å². The van der Waals surface area contributed by atoms with Gasteiger partial charge in [-0.1, -0.05) is 35.9 Å². The summed E-state index contributed by atoms with van der Waals surface area (Å²) in [6, 6.07) is 13.0. The van der Waals surface area contributed by atoms with Crippen molar-refractivity contribution in [2.75, 3.05) is 0 Å². The van der Waals surface area contributed by atoms with Crippen molar-refractivity contribution in [2.45, 2.75) is 13.5 Å². The van der Waals surface area contributed by atoms with Crippen LogP contribution in [-0.2, 0) is 6.61 Å². The van der Waals surface area contributed by atoms with Crippen LogP contribution in [0.15, 0.2) is 42.5 Å². The monoisotopic (exact) mass is 257 g/mol. The van der Waals surface area contributed by atoms with Gasteiger partial charge in [0.25, 0.3) is 0 Å². The molecule has 2 nitrogen and oxygen atoms in total. The van der Waals surface area contributed by atoms with Crippen LogP contribution in [-0.4, -0.2) is 0 Å². The Bertz CT molecular complexity index is 602. The summed E-state index contributed by atoms with van der Waals surface area (Å²) in [6.45, 7) is 9.35. The van der Waals surface area contributed by atoms with Gasteiger partial charge in [-0.25, -0.2) is 4.85 Å². The summed E-state index contributed by atoms with van der Waals surface area (Å²) in [5.74, 6) is 0.662. The molecule has 0 aromatic heterocycles. The molecule has 0 saturated heterocycles. The number of rotatable bonds is 3. The zero-order valence-corrected chi connectivity index (χ0v) is 10.7. The Labute approximate surface area is 112 Å². The maximum absolute atomic E-state index is 6.96. The number of benzene rings is 2. The fraction of sp³-hybridized carbons (Fsp3) is 0.133. The van der Waals surface area contributed by atoms with E-state index in [0.29, 0.717) is 23.1 Å². The Morgan fingerprint density at radius 2 is 2.06 bits per heavy atom. The van der Waals surface area contributed by atoms with E-state index in [0.717, 1.165) is 11.1 Å². The third kappa shape index (κ3) is 3.03. The molecule has 2 aromatic rings. The first-order valence-corrected chi connectivity index (χ1v) is 5.92. The Balaban J connectivity index is 2.09. The quantitative estimate of drug-likeness (QED) is 0.722. The van der Waals surface area contributed by atoms with Gasteiger partial charge in [0, 0.05) is 0 Å². The molecule has 0 bridgehead atoms. The molecule has 90 valence electrons. The molecule has 0 heterocycles. The molecule has 0 spiro atoms. The van der Waals surface area contributed by atoms with Crippen molar-refractivity contribution < 1.29 is 4.74 Å². The topological polar surface area (TPSA) is 13.6 Å². The average molecular weight is 258 g/mol. The first-order valence-electron chi connectivity index (χ1n) is 5.54. The molecule has 2 rings (SSSR count). The van der Waals surface area contributed by atoms with Gasteiger partial charge in [0.1, 0.15) is 12.4 Å². The van der Waals surface area contributed by atoms with Gasteiger partial charge < -0.3 is 4.74 Å². The zero-order chi connectivity index (χ0) is 13.0. The summed E-state index contributed by atoms with van der Waals surface area (Å²) in [7, 11) is 0. The Morgan fingerprint density at radius 3 is 2.78 bits per heavy atom. The Hall–Kier alpha value is -1.98. The van der Waals surface area contributed by atoms with Crippen LogP contribution in [0.5, 0.6) is 5.75 Å². The predicted octanol–water partition coefficient (Wildman–Crippen LogP) is 4.78. The highest BCUT2D eigenvalue weighted by Crippen LogP contribution is 2.26. The van der Waals surface area contributed by atoms with Gasteiger partial charge in [0.05, 0.1) is 11.6 Å². The maximum atomic E-state index is 6.96. The first-order chi connectivity index (χ1) is 8.69. The van der Waals surface area contributed by atoms with Gasteiger partial charge in [0.15, 0.2) is 5.69 Å². The molecule has 0 amide bonds. The van der Waals surface area contributed by atoms with Crippen molar-refractivity contribution in [3.63, 3.8) is 0 Å². The van der Waals surface area contributed by atoms with E-state index in [4.69, 9.17) is 22.9 Å². The number of nitrogens with zero attached hydrogens (tertiary/aromatic N) is 1. The number of hydrogen-bond acceptors (Lipinski definition) is 1. The molecule has 0 fully saturated rings. The van der Waals surface area contributed by atoms with Gasteiger partial charge in [0.2, 0.25) is 0 Å². The lowest BCUT2D eigenvalue weighted by Gasteiger charge is -2.08.